The van der Waals surface area contributed by atoms with Crippen molar-refractivity contribution in [2.75, 3.05) is 52.5 Å². The molecule has 0 radical (unpaired) electrons. The number of aliphatic hydroxyl groups is 2. The number of aliphatic hydroxyl groups excluding tert-OH is 2. The van der Waals surface area contributed by atoms with E-state index in [1.165, 1.54) is 25.6 Å². The Labute approximate surface area is 670 Å². The van der Waals surface area contributed by atoms with Gasteiger partial charge in [-0.3, -0.25) is 77.3 Å². The Morgan fingerprint density at radius 3 is 1.55 bits per heavy atom. The number of para-hydroxylation sites is 2. The quantitative estimate of drug-likeness (QED) is 0.00977. The first-order valence-corrected chi connectivity index (χ1v) is 38.0. The molecular formula is C73H106N24O20. The lowest BCUT2D eigenvalue weighted by Gasteiger charge is -2.28. The molecule has 0 bridgehead atoms. The van der Waals surface area contributed by atoms with Crippen LogP contribution in [0, 0.1) is 5.41 Å². The lowest BCUT2D eigenvalue weighted by molar-refractivity contribution is -0.150. The number of nitrogens with zero attached hydrogens (tertiary/aromatic N) is 2. The fourth-order valence-electron chi connectivity index (χ4n) is 12.7. The molecule has 0 spiro atoms. The SMILES string of the molecule is C[C@H](NC(=O)[C@H](CCCNC(=N)N)NC(=O)[C@@H](N)CCCCN)C(=O)N[C@@H](CCCCN)C(=O)N[C@@H](CCC(N)=O)C(=O)N[C@@H](CC(=O)O)C(=O)NCC(=O)NCC(=O)N[C@@H](Cc1c[nH]c2ccccc12)C(=O)N[C@@H](CO)C(=O)N[C@@H](Cc1cnc[nH]1)C(=O)N[C@@H](Cc1c[nH]c2ccccc12)C(=O)N[C@@H](CO)C(=O)N1CCC[C@H]1C(=O)O. The van der Waals surface area contributed by atoms with E-state index in [9.17, 15) is 97.1 Å². The first-order valence-electron chi connectivity index (χ1n) is 38.0. The number of carboxylic acids is 2. The van der Waals surface area contributed by atoms with E-state index in [1.807, 2.05) is 0 Å². The Hall–Kier alpha value is -12.7. The number of H-pyrrole nitrogens is 3. The number of hydrogen-bond donors (Lipinski definition) is 26. The molecule has 1 saturated heterocycles. The van der Waals surface area contributed by atoms with Gasteiger partial charge in [-0.05, 0) is 107 Å². The lowest BCUT2D eigenvalue weighted by Crippen LogP contribution is -2.61. The zero-order chi connectivity index (χ0) is 85.8. The van der Waals surface area contributed by atoms with E-state index in [-0.39, 0.29) is 89.1 Å². The standard InChI is InChI=1S/C73H106N24O20/c1-38(87-64(108)48(18-10-24-81-73(78)79)90-62(106)44(76)14-6-8-22-74)61(105)89-47(17-7-9-23-75)65(109)91-49(20-21-57(77)100)66(110)94-53(29-60(103)104)63(107)85-33-58(101)84-34-59(102)88-50(26-39-30-82-45-15-4-2-12-42(39)45)67(111)95-54(35-98)70(114)93-52(28-41-32-80-37-86-41)69(113)92-51(27-40-31-83-46-16-5-3-13-43(40)46)68(112)96-55(36-99)71(115)97-25-11-19-56(97)72(116)117/h2-5,12-13,15-16,30-32,37-38,44,47-56,82-83,98-99H,6-11,14,17-29,33-36,74-76H2,1H3,(H2,77,100)(H,80,86)(H,84,101)(H,85,107)(H,87,108)(H,88,102)(H,89,105)(H,90,106)(H,91,109)(H,92,113)(H,93,114)(H,94,110)(H,95,111)(H,96,112)(H,103,104)(H,116,117)(H4,78,79,81)/t38-,44-,47-,48-,49-,50-,51-,52-,53-,54-,55-,56-/m0/s1. The summed E-state index contributed by atoms with van der Waals surface area (Å²) in [5, 5.41) is 81.0. The van der Waals surface area contributed by atoms with Crippen molar-refractivity contribution < 1.29 is 97.1 Å². The second-order valence-corrected chi connectivity index (χ2v) is 27.9. The highest BCUT2D eigenvalue weighted by atomic mass is 16.4. The number of carbonyl (C=O) groups is 16. The number of unbranched alkanes of at least 4 members (excludes halogenated alkanes) is 2. The summed E-state index contributed by atoms with van der Waals surface area (Å²) < 4.78 is 0. The van der Waals surface area contributed by atoms with E-state index in [0.29, 0.717) is 65.2 Å². The summed E-state index contributed by atoms with van der Waals surface area (Å²) in [6, 6.07) is -4.64. The van der Waals surface area contributed by atoms with Crippen LogP contribution in [-0.4, -0.2) is 271 Å². The van der Waals surface area contributed by atoms with E-state index in [0.717, 1.165) is 4.90 Å². The first-order chi connectivity index (χ1) is 55.8. The molecular weight excluding hydrogens is 1530 g/mol. The van der Waals surface area contributed by atoms with E-state index in [2.05, 4.69) is 89.1 Å². The summed E-state index contributed by atoms with van der Waals surface area (Å²) in [5.74, 6) is -17.5. The zero-order valence-corrected chi connectivity index (χ0v) is 64.4. The summed E-state index contributed by atoms with van der Waals surface area (Å²) in [5.41, 5.74) is 30.6. The monoisotopic (exact) mass is 1640 g/mol. The van der Waals surface area contributed by atoms with E-state index >= 15 is 0 Å². The molecule has 0 unspecified atom stereocenters. The molecule has 31 N–H and O–H groups in total. The average molecular weight is 1640 g/mol. The van der Waals surface area contributed by atoms with Gasteiger partial charge in [0, 0.05) is 84.9 Å². The van der Waals surface area contributed by atoms with E-state index in [4.69, 9.17) is 34.1 Å². The molecule has 6 rings (SSSR count). The van der Waals surface area contributed by atoms with Gasteiger partial charge in [0.05, 0.1) is 45.1 Å². The van der Waals surface area contributed by atoms with Crippen molar-refractivity contribution in [2.24, 2.45) is 28.7 Å². The normalized spacial score (nSPS) is 15.3. The fourth-order valence-corrected chi connectivity index (χ4v) is 12.7. The number of benzene rings is 2. The number of nitrogens with one attached hydrogen (secondary N) is 17. The fraction of sp³-hybridized carbons (Fsp3) is 0.507. The Kier molecular flexibility index (Phi) is 37.6. The number of carboxylic acid groups (broad SMARTS) is 2. The van der Waals surface area contributed by atoms with Crippen LogP contribution < -0.4 is 97.8 Å². The molecule has 117 heavy (non-hydrogen) atoms. The lowest BCUT2D eigenvalue weighted by atomic mass is 10.0. The third kappa shape index (κ3) is 29.9. The summed E-state index contributed by atoms with van der Waals surface area (Å²) in [6.07, 6.45) is 5.06. The molecule has 0 aliphatic carbocycles. The Morgan fingerprint density at radius 2 is 1.00 bits per heavy atom. The van der Waals surface area contributed by atoms with Crippen LogP contribution in [0.4, 0.5) is 0 Å². The van der Waals surface area contributed by atoms with Gasteiger partial charge in [-0.25, -0.2) is 9.78 Å². The van der Waals surface area contributed by atoms with Crippen LogP contribution in [0.15, 0.2) is 73.4 Å². The van der Waals surface area contributed by atoms with Crippen molar-refractivity contribution in [1.29, 1.82) is 5.41 Å². The summed E-state index contributed by atoms with van der Waals surface area (Å²) >= 11 is 0. The van der Waals surface area contributed by atoms with Crippen molar-refractivity contribution in [3.05, 3.63) is 90.3 Å². The van der Waals surface area contributed by atoms with Crippen LogP contribution >= 0.6 is 0 Å². The van der Waals surface area contributed by atoms with Crippen molar-refractivity contribution in [1.82, 2.24) is 94.0 Å². The van der Waals surface area contributed by atoms with Gasteiger partial charge < -0.3 is 138 Å². The highest BCUT2D eigenvalue weighted by Gasteiger charge is 2.40. The molecule has 44 heteroatoms. The highest BCUT2D eigenvalue weighted by Crippen LogP contribution is 2.23. The van der Waals surface area contributed by atoms with Crippen molar-refractivity contribution in [3.8, 4) is 0 Å². The maximum absolute atomic E-state index is 14.7. The molecule has 0 saturated carbocycles. The number of rotatable bonds is 51. The molecule has 44 nitrogen and oxygen atoms in total. The summed E-state index contributed by atoms with van der Waals surface area (Å²) in [4.78, 5) is 231. The minimum absolute atomic E-state index is 0.00209. The number of guanidine groups is 1. The molecule has 638 valence electrons. The van der Waals surface area contributed by atoms with Gasteiger partial charge in [-0.15, -0.1) is 0 Å². The maximum atomic E-state index is 14.7. The molecule has 1 aliphatic heterocycles. The number of likely N-dealkylation sites (tertiary alicyclic amines) is 1. The number of aliphatic carboxylic acids is 2. The van der Waals surface area contributed by atoms with Crippen LogP contribution in [-0.2, 0) is 96.0 Å². The van der Waals surface area contributed by atoms with Gasteiger partial charge in [0.2, 0.25) is 82.7 Å². The van der Waals surface area contributed by atoms with E-state index in [1.54, 1.807) is 54.7 Å². The molecule has 1 aliphatic rings. The van der Waals surface area contributed by atoms with Crippen molar-refractivity contribution >= 4 is 122 Å². The Bertz CT molecular complexity index is 4290. The van der Waals surface area contributed by atoms with Gasteiger partial charge in [0.15, 0.2) is 5.96 Å². The largest absolute Gasteiger partial charge is 0.481 e. The van der Waals surface area contributed by atoms with Gasteiger partial charge >= 0.3 is 11.9 Å². The number of fused-ring (bicyclic) bond motifs is 2. The predicted molar refractivity (Wildman–Crippen MR) is 417 cm³/mol. The molecule has 2 aromatic carbocycles. The maximum Gasteiger partial charge on any atom is 0.326 e. The first kappa shape index (κ1) is 93.2. The highest BCUT2D eigenvalue weighted by molar-refractivity contribution is 6.01. The Balaban J connectivity index is 1.12. The number of amides is 14. The number of primary amides is 1. The van der Waals surface area contributed by atoms with Gasteiger partial charge in [-0.2, -0.15) is 0 Å². The smallest absolute Gasteiger partial charge is 0.326 e. The molecule has 12 atom stereocenters. The van der Waals surface area contributed by atoms with E-state index < -0.39 is 213 Å². The van der Waals surface area contributed by atoms with Crippen LogP contribution in [0.1, 0.15) is 107 Å². The molecule has 1 fully saturated rings. The minimum atomic E-state index is -2.00. The van der Waals surface area contributed by atoms with Gasteiger partial charge in [0.1, 0.15) is 66.5 Å². The topological polar surface area (TPSA) is 728 Å². The second kappa shape index (κ2) is 47.2. The predicted octanol–water partition coefficient (Wildman–Crippen LogP) is -7.85. The second-order valence-electron chi connectivity index (χ2n) is 27.9. The van der Waals surface area contributed by atoms with Crippen LogP contribution in [0.3, 0.4) is 0 Å². The molecule has 4 heterocycles. The number of aromatic amines is 3. The number of aromatic nitrogens is 4. The van der Waals surface area contributed by atoms with Crippen LogP contribution in [0.25, 0.3) is 21.8 Å². The summed E-state index contributed by atoms with van der Waals surface area (Å²) in [7, 11) is 0. The summed E-state index contributed by atoms with van der Waals surface area (Å²) in [6.45, 7) is -2.01. The van der Waals surface area contributed by atoms with Gasteiger partial charge in [-0.1, -0.05) is 42.8 Å². The molecule has 5 aromatic rings. The molecule has 3 aromatic heterocycles. The number of nitrogens with two attached hydrogens (primary N) is 5. The third-order valence-electron chi connectivity index (χ3n) is 19.0. The molecule has 14 amide bonds. The van der Waals surface area contributed by atoms with Crippen molar-refractivity contribution in [3.63, 3.8) is 0 Å². The van der Waals surface area contributed by atoms with Gasteiger partial charge in [0.25, 0.3) is 0 Å². The number of hydrogen-bond acceptors (Lipinski definition) is 23. The van der Waals surface area contributed by atoms with Crippen LogP contribution in [0.2, 0.25) is 0 Å². The van der Waals surface area contributed by atoms with Crippen LogP contribution in [0.5, 0.6) is 0 Å². The minimum Gasteiger partial charge on any atom is -0.481 e. The zero-order valence-electron chi connectivity index (χ0n) is 64.4. The van der Waals surface area contributed by atoms with Crippen molar-refractivity contribution in [2.45, 2.75) is 182 Å². The number of carbonyl (C=O) groups excluding carboxylic acids is 14. The third-order valence-corrected chi connectivity index (χ3v) is 19.0. The average Bonchev–Trinajstić information content (AvgIpc) is 1.73. The Morgan fingerprint density at radius 1 is 0.521 bits per heavy atom. The number of imidazole rings is 1.